The molecular formula is C19H28FNO3. The summed E-state index contributed by atoms with van der Waals surface area (Å²) in [6.07, 6.45) is 2.59. The van der Waals surface area contributed by atoms with Crippen LogP contribution in [0.15, 0.2) is 24.3 Å². The molecule has 1 amide bonds. The highest BCUT2D eigenvalue weighted by Crippen LogP contribution is 2.35. The zero-order valence-electron chi connectivity index (χ0n) is 14.5. The highest BCUT2D eigenvalue weighted by Gasteiger charge is 2.38. The van der Waals surface area contributed by atoms with E-state index in [9.17, 15) is 19.4 Å². The van der Waals surface area contributed by atoms with Crippen LogP contribution in [0.5, 0.6) is 0 Å². The quantitative estimate of drug-likeness (QED) is 0.803. The van der Waals surface area contributed by atoms with E-state index in [4.69, 9.17) is 0 Å². The van der Waals surface area contributed by atoms with E-state index in [0.29, 0.717) is 24.8 Å². The number of rotatable bonds is 7. The fourth-order valence-corrected chi connectivity index (χ4v) is 3.73. The van der Waals surface area contributed by atoms with Crippen LogP contribution in [0, 0.1) is 5.82 Å². The molecule has 2 rings (SSSR count). The minimum Gasteiger partial charge on any atom is -0.391 e. The molecule has 1 saturated heterocycles. The Morgan fingerprint density at radius 1 is 1.33 bits per heavy atom. The fraction of sp³-hybridized carbons (Fsp3) is 0.632. The standard InChI is InChI=1S/C19H28FNO3/c1-3-8-19(24,9-4-2)12-18(23)21-13-16(22)11-17(21)14-6-5-7-15(20)10-14/h5-7,10,16-17,22,24H,3-4,8-9,11-13H2,1-2H3/t16-,17-/m1/s1. The van der Waals surface area contributed by atoms with Crippen LogP contribution < -0.4 is 0 Å². The maximum absolute atomic E-state index is 13.5. The summed E-state index contributed by atoms with van der Waals surface area (Å²) in [5.74, 6) is -0.528. The van der Waals surface area contributed by atoms with Crippen LogP contribution in [0.25, 0.3) is 0 Å². The van der Waals surface area contributed by atoms with Crippen LogP contribution in [0.3, 0.4) is 0 Å². The minimum atomic E-state index is -0.999. The number of benzene rings is 1. The van der Waals surface area contributed by atoms with Crippen molar-refractivity contribution in [2.45, 2.75) is 70.1 Å². The first-order chi connectivity index (χ1) is 11.4. The molecule has 1 aromatic rings. The van der Waals surface area contributed by atoms with E-state index in [1.54, 1.807) is 17.0 Å². The molecule has 2 N–H and O–H groups in total. The van der Waals surface area contributed by atoms with Crippen molar-refractivity contribution in [1.82, 2.24) is 4.90 Å². The molecule has 0 aromatic heterocycles. The van der Waals surface area contributed by atoms with Gasteiger partial charge in [0.1, 0.15) is 5.82 Å². The molecule has 0 aliphatic carbocycles. The van der Waals surface area contributed by atoms with Gasteiger partial charge in [0.05, 0.1) is 24.2 Å². The van der Waals surface area contributed by atoms with E-state index in [-0.39, 0.29) is 30.7 Å². The normalized spacial score (nSPS) is 21.3. The lowest BCUT2D eigenvalue weighted by atomic mass is 9.88. The lowest BCUT2D eigenvalue weighted by molar-refractivity contribution is -0.138. The van der Waals surface area contributed by atoms with Gasteiger partial charge < -0.3 is 15.1 Å². The molecule has 0 radical (unpaired) electrons. The smallest absolute Gasteiger partial charge is 0.226 e. The number of hydrogen-bond acceptors (Lipinski definition) is 3. The van der Waals surface area contributed by atoms with E-state index < -0.39 is 11.7 Å². The van der Waals surface area contributed by atoms with Crippen LogP contribution in [0.2, 0.25) is 0 Å². The Balaban J connectivity index is 2.16. The number of carbonyl (C=O) groups excluding carboxylic acids is 1. The molecule has 4 nitrogen and oxygen atoms in total. The summed E-state index contributed by atoms with van der Waals surface area (Å²) in [6, 6.07) is 5.82. The van der Waals surface area contributed by atoms with Gasteiger partial charge in [-0.2, -0.15) is 0 Å². The summed E-state index contributed by atoms with van der Waals surface area (Å²) >= 11 is 0. The molecule has 0 saturated carbocycles. The molecule has 1 aliphatic heterocycles. The van der Waals surface area contributed by atoms with Crippen molar-refractivity contribution in [3.63, 3.8) is 0 Å². The Morgan fingerprint density at radius 3 is 2.58 bits per heavy atom. The Morgan fingerprint density at radius 2 is 2.00 bits per heavy atom. The van der Waals surface area contributed by atoms with Gasteiger partial charge in [-0.15, -0.1) is 0 Å². The summed E-state index contributed by atoms with van der Waals surface area (Å²) in [5.41, 5.74) is -0.310. The summed E-state index contributed by atoms with van der Waals surface area (Å²) < 4.78 is 13.5. The van der Waals surface area contributed by atoms with Crippen molar-refractivity contribution >= 4 is 5.91 Å². The Hall–Kier alpha value is -1.46. The third-order valence-corrected chi connectivity index (χ3v) is 4.74. The van der Waals surface area contributed by atoms with Gasteiger partial charge >= 0.3 is 0 Å². The first kappa shape index (κ1) is 18.9. The van der Waals surface area contributed by atoms with Gasteiger partial charge in [0.2, 0.25) is 5.91 Å². The number of hydrogen-bond donors (Lipinski definition) is 2. The van der Waals surface area contributed by atoms with E-state index in [2.05, 4.69) is 0 Å². The van der Waals surface area contributed by atoms with E-state index in [1.807, 2.05) is 13.8 Å². The largest absolute Gasteiger partial charge is 0.391 e. The molecule has 1 heterocycles. The Bertz CT molecular complexity index is 557. The van der Waals surface area contributed by atoms with Crippen molar-refractivity contribution in [1.29, 1.82) is 0 Å². The highest BCUT2D eigenvalue weighted by atomic mass is 19.1. The first-order valence-electron chi connectivity index (χ1n) is 8.84. The number of likely N-dealkylation sites (tertiary alicyclic amines) is 1. The second-order valence-electron chi connectivity index (χ2n) is 6.91. The van der Waals surface area contributed by atoms with Gasteiger partial charge in [0.15, 0.2) is 0 Å². The van der Waals surface area contributed by atoms with E-state index >= 15 is 0 Å². The van der Waals surface area contributed by atoms with Crippen molar-refractivity contribution in [3.05, 3.63) is 35.6 Å². The second-order valence-corrected chi connectivity index (χ2v) is 6.91. The maximum atomic E-state index is 13.5. The van der Waals surface area contributed by atoms with E-state index in [0.717, 1.165) is 12.8 Å². The predicted octanol–water partition coefficient (Wildman–Crippen LogP) is 3.18. The van der Waals surface area contributed by atoms with Crippen molar-refractivity contribution < 1.29 is 19.4 Å². The third-order valence-electron chi connectivity index (χ3n) is 4.74. The van der Waals surface area contributed by atoms with E-state index in [1.165, 1.54) is 12.1 Å². The number of β-amino-alcohol motifs (C(OH)–C–C–N with tert-alkyl or cyclic N) is 1. The molecular weight excluding hydrogens is 309 g/mol. The van der Waals surface area contributed by atoms with Gasteiger partial charge in [-0.05, 0) is 37.0 Å². The summed E-state index contributed by atoms with van der Waals surface area (Å²) in [7, 11) is 0. The number of amides is 1. The first-order valence-corrected chi connectivity index (χ1v) is 8.84. The molecule has 0 spiro atoms. The van der Waals surface area contributed by atoms with Crippen molar-refractivity contribution in [2.75, 3.05) is 6.54 Å². The molecule has 1 aliphatic rings. The fourth-order valence-electron chi connectivity index (χ4n) is 3.73. The topological polar surface area (TPSA) is 60.8 Å². The highest BCUT2D eigenvalue weighted by molar-refractivity contribution is 5.78. The van der Waals surface area contributed by atoms with Crippen molar-refractivity contribution in [2.24, 2.45) is 0 Å². The summed E-state index contributed by atoms with van der Waals surface area (Å²) in [4.78, 5) is 14.4. The average Bonchev–Trinajstić information content (AvgIpc) is 2.89. The summed E-state index contributed by atoms with van der Waals surface area (Å²) in [6.45, 7) is 4.20. The molecule has 1 aromatic carbocycles. The van der Waals surface area contributed by atoms with Gasteiger partial charge in [0, 0.05) is 6.54 Å². The second kappa shape index (κ2) is 8.08. The van der Waals surface area contributed by atoms with Gasteiger partial charge in [-0.3, -0.25) is 4.79 Å². The summed E-state index contributed by atoms with van der Waals surface area (Å²) in [5, 5.41) is 20.7. The Kier molecular flexibility index (Phi) is 6.35. The number of carbonyl (C=O) groups is 1. The molecule has 24 heavy (non-hydrogen) atoms. The average molecular weight is 337 g/mol. The maximum Gasteiger partial charge on any atom is 0.226 e. The monoisotopic (exact) mass is 337 g/mol. The van der Waals surface area contributed by atoms with Gasteiger partial charge in [-0.25, -0.2) is 4.39 Å². The SMILES string of the molecule is CCCC(O)(CCC)CC(=O)N1C[C@H](O)C[C@@H]1c1cccc(F)c1. The van der Waals surface area contributed by atoms with Crippen LogP contribution >= 0.6 is 0 Å². The zero-order valence-corrected chi connectivity index (χ0v) is 14.5. The van der Waals surface area contributed by atoms with Crippen LogP contribution in [0.4, 0.5) is 4.39 Å². The number of aliphatic hydroxyl groups is 2. The molecule has 0 bridgehead atoms. The predicted molar refractivity (Wildman–Crippen MR) is 90.9 cm³/mol. The lowest BCUT2D eigenvalue weighted by Gasteiger charge is -2.31. The zero-order chi connectivity index (χ0) is 17.7. The molecule has 5 heteroatoms. The third kappa shape index (κ3) is 4.54. The van der Waals surface area contributed by atoms with Crippen LogP contribution in [0.1, 0.15) is 64.0 Å². The molecule has 134 valence electrons. The molecule has 2 atom stereocenters. The van der Waals surface area contributed by atoms with Gasteiger partial charge in [0.25, 0.3) is 0 Å². The number of nitrogens with zero attached hydrogens (tertiary/aromatic N) is 1. The lowest BCUT2D eigenvalue weighted by Crippen LogP contribution is -2.39. The van der Waals surface area contributed by atoms with Crippen molar-refractivity contribution in [3.8, 4) is 0 Å². The minimum absolute atomic E-state index is 0.0488. The Labute approximate surface area is 143 Å². The molecule has 0 unspecified atom stereocenters. The molecule has 1 fully saturated rings. The van der Waals surface area contributed by atoms with Gasteiger partial charge in [-0.1, -0.05) is 38.8 Å². The van der Waals surface area contributed by atoms with Crippen LogP contribution in [-0.2, 0) is 4.79 Å². The number of aliphatic hydroxyl groups excluding tert-OH is 1. The van der Waals surface area contributed by atoms with Crippen LogP contribution in [-0.4, -0.2) is 39.3 Å². The number of halogens is 1.